The molecule has 0 fully saturated rings. The first-order valence-corrected chi connectivity index (χ1v) is 14.1. The molecule has 0 aliphatic rings. The van der Waals surface area contributed by atoms with Crippen molar-refractivity contribution in [2.24, 2.45) is 28.1 Å². The van der Waals surface area contributed by atoms with Gasteiger partial charge in [-0.05, 0) is 37.7 Å². The molecule has 0 heterocycles. The summed E-state index contributed by atoms with van der Waals surface area (Å²) >= 11 is 0. The maximum Gasteiger partial charge on any atom is 0.326 e. The van der Waals surface area contributed by atoms with Gasteiger partial charge in [-0.2, -0.15) is 0 Å². The van der Waals surface area contributed by atoms with E-state index in [1.165, 1.54) is 6.92 Å². The summed E-state index contributed by atoms with van der Waals surface area (Å²) in [5.74, 6) is -6.15. The number of carbonyl (C=O) groups is 6. The summed E-state index contributed by atoms with van der Waals surface area (Å²) in [6.45, 7) is 5.09. The second-order valence-electron chi connectivity index (χ2n) is 10.7. The number of nitrogens with one attached hydrogen (secondary N) is 4. The number of benzene rings is 1. The molecule has 1 aromatic carbocycles. The van der Waals surface area contributed by atoms with Gasteiger partial charge in [-0.25, -0.2) is 4.79 Å². The van der Waals surface area contributed by atoms with E-state index in [1.54, 1.807) is 44.2 Å². The van der Waals surface area contributed by atoms with Crippen LogP contribution in [0.2, 0.25) is 0 Å². The van der Waals surface area contributed by atoms with Crippen molar-refractivity contribution < 1.29 is 39.0 Å². The fourth-order valence-corrected chi connectivity index (χ4v) is 4.01. The minimum atomic E-state index is -1.63. The molecule has 0 unspecified atom stereocenters. The number of carboxylic acids is 2. The van der Waals surface area contributed by atoms with E-state index in [9.17, 15) is 39.0 Å². The number of nitrogens with zero attached hydrogens (tertiary/aromatic N) is 1. The summed E-state index contributed by atoms with van der Waals surface area (Å²) in [6, 6.07) is 2.29. The van der Waals surface area contributed by atoms with Crippen molar-refractivity contribution in [1.82, 2.24) is 21.3 Å². The molecule has 0 saturated carbocycles. The molecule has 16 heteroatoms. The van der Waals surface area contributed by atoms with Crippen molar-refractivity contribution in [2.45, 2.75) is 83.1 Å². The van der Waals surface area contributed by atoms with Gasteiger partial charge >= 0.3 is 11.9 Å². The highest BCUT2D eigenvalue weighted by Gasteiger charge is 2.32. The molecule has 0 aliphatic heterocycles. The topological polar surface area (TPSA) is 281 Å². The monoisotopic (exact) mass is 620 g/mol. The fraction of sp³-hybridized carbons (Fsp3) is 0.536. The first-order valence-electron chi connectivity index (χ1n) is 14.1. The quantitative estimate of drug-likeness (QED) is 0.0471. The number of rotatable bonds is 19. The SMILES string of the molecule is CC(C)C[C@H](NC(=O)[C@H](C)NC(=O)[C@H](CC(=O)O)NC(=O)[C@H](Cc1ccccc1)NC(=O)[C@@H](N)CCCN=C(N)N)C(=O)O. The van der Waals surface area contributed by atoms with E-state index in [-0.39, 0.29) is 37.7 Å². The lowest BCUT2D eigenvalue weighted by molar-refractivity contribution is -0.143. The Hall–Kier alpha value is -4.73. The van der Waals surface area contributed by atoms with Crippen LogP contribution in [-0.2, 0) is 35.2 Å². The third-order valence-corrected chi connectivity index (χ3v) is 6.31. The van der Waals surface area contributed by atoms with Crippen molar-refractivity contribution in [3.63, 3.8) is 0 Å². The summed E-state index contributed by atoms with van der Waals surface area (Å²) in [6.07, 6.45) is -0.113. The van der Waals surface area contributed by atoms with Gasteiger partial charge < -0.3 is 48.7 Å². The maximum absolute atomic E-state index is 13.4. The van der Waals surface area contributed by atoms with Gasteiger partial charge in [0, 0.05) is 13.0 Å². The van der Waals surface area contributed by atoms with Crippen LogP contribution >= 0.6 is 0 Å². The van der Waals surface area contributed by atoms with Gasteiger partial charge in [0.1, 0.15) is 24.2 Å². The highest BCUT2D eigenvalue weighted by Crippen LogP contribution is 2.08. The molecule has 4 amide bonds. The fourth-order valence-electron chi connectivity index (χ4n) is 4.01. The van der Waals surface area contributed by atoms with Gasteiger partial charge in [0.2, 0.25) is 23.6 Å². The molecule has 44 heavy (non-hydrogen) atoms. The largest absolute Gasteiger partial charge is 0.481 e. The molecule has 0 aromatic heterocycles. The Morgan fingerprint density at radius 1 is 0.795 bits per heavy atom. The predicted molar refractivity (Wildman–Crippen MR) is 161 cm³/mol. The van der Waals surface area contributed by atoms with Gasteiger partial charge in [0.25, 0.3) is 0 Å². The number of guanidine groups is 1. The van der Waals surface area contributed by atoms with Gasteiger partial charge in [-0.15, -0.1) is 0 Å². The first-order chi connectivity index (χ1) is 20.6. The summed E-state index contributed by atoms with van der Waals surface area (Å²) in [5, 5.41) is 28.3. The van der Waals surface area contributed by atoms with Crippen LogP contribution in [0.15, 0.2) is 35.3 Å². The van der Waals surface area contributed by atoms with Crippen LogP contribution in [0, 0.1) is 5.92 Å². The molecule has 0 radical (unpaired) electrons. The molecule has 0 aliphatic carbocycles. The second kappa shape index (κ2) is 18.7. The van der Waals surface area contributed by atoms with E-state index < -0.39 is 72.2 Å². The smallest absolute Gasteiger partial charge is 0.326 e. The van der Waals surface area contributed by atoms with Crippen LogP contribution < -0.4 is 38.5 Å². The molecule has 12 N–H and O–H groups in total. The molecule has 1 aromatic rings. The number of carboxylic acid groups (broad SMARTS) is 2. The highest BCUT2D eigenvalue weighted by molar-refractivity contribution is 5.96. The molecule has 5 atom stereocenters. The molecule has 1 rings (SSSR count). The predicted octanol–water partition coefficient (Wildman–Crippen LogP) is -1.83. The number of aliphatic imine (C=N–C) groups is 1. The lowest BCUT2D eigenvalue weighted by Crippen LogP contribution is -2.58. The van der Waals surface area contributed by atoms with Gasteiger partial charge in [-0.1, -0.05) is 44.2 Å². The van der Waals surface area contributed by atoms with E-state index in [0.717, 1.165) is 0 Å². The summed E-state index contributed by atoms with van der Waals surface area (Å²) in [7, 11) is 0. The summed E-state index contributed by atoms with van der Waals surface area (Å²) in [5.41, 5.74) is 17.2. The van der Waals surface area contributed by atoms with Crippen LogP contribution in [-0.4, -0.2) is 88.5 Å². The zero-order valence-electron chi connectivity index (χ0n) is 25.1. The van der Waals surface area contributed by atoms with Gasteiger partial charge in [0.05, 0.1) is 12.5 Å². The van der Waals surface area contributed by atoms with Crippen molar-refractivity contribution in [1.29, 1.82) is 0 Å². The zero-order chi connectivity index (χ0) is 33.4. The van der Waals surface area contributed by atoms with Crippen LogP contribution in [0.4, 0.5) is 0 Å². The Morgan fingerprint density at radius 3 is 1.91 bits per heavy atom. The Kier molecular flexibility index (Phi) is 15.9. The van der Waals surface area contributed by atoms with Crippen LogP contribution in [0.1, 0.15) is 52.0 Å². The summed E-state index contributed by atoms with van der Waals surface area (Å²) in [4.78, 5) is 78.7. The minimum absolute atomic E-state index is 0.00815. The minimum Gasteiger partial charge on any atom is -0.481 e. The van der Waals surface area contributed by atoms with Crippen LogP contribution in [0.25, 0.3) is 0 Å². The van der Waals surface area contributed by atoms with Crippen molar-refractivity contribution >= 4 is 41.5 Å². The highest BCUT2D eigenvalue weighted by atomic mass is 16.4. The number of hydrogen-bond donors (Lipinski definition) is 9. The number of aliphatic carboxylic acids is 2. The Labute approximate surface area is 255 Å². The van der Waals surface area contributed by atoms with Crippen molar-refractivity contribution in [3.8, 4) is 0 Å². The number of amides is 4. The van der Waals surface area contributed by atoms with Crippen LogP contribution in [0.5, 0.6) is 0 Å². The lowest BCUT2D eigenvalue weighted by atomic mass is 10.0. The molecular formula is C28H44N8O8. The van der Waals surface area contributed by atoms with Gasteiger partial charge in [0.15, 0.2) is 5.96 Å². The Balaban J connectivity index is 3.04. The standard InChI is InChI=1S/C28H44N8O8/c1-15(2)12-21(27(43)44)36-23(39)16(3)33-25(41)20(14-22(37)38)35-26(42)19(13-17-8-5-4-6-9-17)34-24(40)18(29)10-7-11-32-28(30)31/h4-6,8-9,15-16,18-21H,7,10-14,29H2,1-3H3,(H,33,41)(H,34,40)(H,35,42)(H,36,39)(H,37,38)(H,43,44)(H4,30,31,32)/t16-,18-,19-,20-,21-/m0/s1. The third kappa shape index (κ3) is 14.4. The Bertz CT molecular complexity index is 1170. The number of carbonyl (C=O) groups excluding carboxylic acids is 4. The zero-order valence-corrected chi connectivity index (χ0v) is 25.1. The molecule has 0 saturated heterocycles. The average molecular weight is 621 g/mol. The average Bonchev–Trinajstić information content (AvgIpc) is 2.93. The summed E-state index contributed by atoms with van der Waals surface area (Å²) < 4.78 is 0. The lowest BCUT2D eigenvalue weighted by Gasteiger charge is -2.25. The van der Waals surface area contributed by atoms with E-state index >= 15 is 0 Å². The van der Waals surface area contributed by atoms with E-state index in [0.29, 0.717) is 12.0 Å². The number of hydrogen-bond acceptors (Lipinski definition) is 8. The molecular weight excluding hydrogens is 576 g/mol. The van der Waals surface area contributed by atoms with E-state index in [1.807, 2.05) is 0 Å². The molecule has 244 valence electrons. The number of nitrogens with two attached hydrogens (primary N) is 3. The first kappa shape index (κ1) is 37.3. The van der Waals surface area contributed by atoms with Crippen LogP contribution in [0.3, 0.4) is 0 Å². The van der Waals surface area contributed by atoms with Crippen molar-refractivity contribution in [2.75, 3.05) is 6.54 Å². The molecule has 0 bridgehead atoms. The second-order valence-corrected chi connectivity index (χ2v) is 10.7. The van der Waals surface area contributed by atoms with E-state index in [4.69, 9.17) is 17.2 Å². The van der Waals surface area contributed by atoms with Crippen molar-refractivity contribution in [3.05, 3.63) is 35.9 Å². The molecule has 16 nitrogen and oxygen atoms in total. The maximum atomic E-state index is 13.4. The van der Waals surface area contributed by atoms with Gasteiger partial charge in [-0.3, -0.25) is 29.0 Å². The normalized spacial score (nSPS) is 14.2. The third-order valence-electron chi connectivity index (χ3n) is 6.31. The van der Waals surface area contributed by atoms with E-state index in [2.05, 4.69) is 26.3 Å². The Morgan fingerprint density at radius 2 is 1.36 bits per heavy atom. The molecule has 0 spiro atoms.